The van der Waals surface area contributed by atoms with E-state index >= 15 is 0 Å². The van der Waals surface area contributed by atoms with Gasteiger partial charge in [0, 0.05) is 22.8 Å². The Bertz CT molecular complexity index is 369. The van der Waals surface area contributed by atoms with Crippen LogP contribution in [0, 0.1) is 5.82 Å². The zero-order chi connectivity index (χ0) is 11.6. The molecule has 0 aliphatic heterocycles. The molecule has 0 radical (unpaired) electrons. The SMILES string of the molecule is NCc1c(Br)cnc(OC(F)(F)F)c1F. The molecule has 0 fully saturated rings. The summed E-state index contributed by atoms with van der Waals surface area (Å²) in [7, 11) is 0. The van der Waals surface area contributed by atoms with Gasteiger partial charge < -0.3 is 10.5 Å². The van der Waals surface area contributed by atoms with Crippen LogP contribution in [-0.2, 0) is 6.54 Å². The Kier molecular flexibility index (Phi) is 3.50. The van der Waals surface area contributed by atoms with Gasteiger partial charge in [-0.3, -0.25) is 0 Å². The van der Waals surface area contributed by atoms with E-state index in [-0.39, 0.29) is 16.6 Å². The lowest BCUT2D eigenvalue weighted by Crippen LogP contribution is -2.19. The smallest absolute Gasteiger partial charge is 0.385 e. The minimum atomic E-state index is -4.98. The molecule has 0 spiro atoms. The molecular formula is C7H5BrF4N2O. The predicted molar refractivity (Wildman–Crippen MR) is 46.5 cm³/mol. The highest BCUT2D eigenvalue weighted by Gasteiger charge is 2.33. The highest BCUT2D eigenvalue weighted by atomic mass is 79.9. The summed E-state index contributed by atoms with van der Waals surface area (Å²) in [6.07, 6.45) is -3.99. The van der Waals surface area contributed by atoms with E-state index in [0.29, 0.717) is 0 Å². The third kappa shape index (κ3) is 3.03. The topological polar surface area (TPSA) is 48.1 Å². The zero-order valence-electron chi connectivity index (χ0n) is 7.11. The van der Waals surface area contributed by atoms with Crippen LogP contribution < -0.4 is 10.5 Å². The Labute approximate surface area is 90.4 Å². The van der Waals surface area contributed by atoms with Crippen molar-refractivity contribution in [3.05, 3.63) is 22.1 Å². The van der Waals surface area contributed by atoms with Crippen LogP contribution in [-0.4, -0.2) is 11.3 Å². The molecule has 3 nitrogen and oxygen atoms in total. The molecule has 0 saturated carbocycles. The Morgan fingerprint density at radius 1 is 1.47 bits per heavy atom. The summed E-state index contributed by atoms with van der Waals surface area (Å²) >= 11 is 2.90. The summed E-state index contributed by atoms with van der Waals surface area (Å²) in [5.41, 5.74) is 5.03. The maximum atomic E-state index is 13.3. The van der Waals surface area contributed by atoms with Gasteiger partial charge in [-0.1, -0.05) is 0 Å². The Morgan fingerprint density at radius 2 is 2.07 bits per heavy atom. The quantitative estimate of drug-likeness (QED) is 0.850. The molecule has 0 unspecified atom stereocenters. The summed E-state index contributed by atoms with van der Waals surface area (Å²) in [5.74, 6) is -2.35. The van der Waals surface area contributed by atoms with Crippen LogP contribution in [0.3, 0.4) is 0 Å². The largest absolute Gasteiger partial charge is 0.574 e. The van der Waals surface area contributed by atoms with Gasteiger partial charge in [-0.05, 0) is 15.9 Å². The van der Waals surface area contributed by atoms with Crippen molar-refractivity contribution >= 4 is 15.9 Å². The highest BCUT2D eigenvalue weighted by Crippen LogP contribution is 2.28. The molecule has 2 N–H and O–H groups in total. The first kappa shape index (κ1) is 12.2. The van der Waals surface area contributed by atoms with Crippen LogP contribution >= 0.6 is 15.9 Å². The van der Waals surface area contributed by atoms with Crippen molar-refractivity contribution in [1.82, 2.24) is 4.98 Å². The lowest BCUT2D eigenvalue weighted by atomic mass is 10.2. The average molecular weight is 289 g/mol. The summed E-state index contributed by atoms with van der Waals surface area (Å²) in [4.78, 5) is 3.15. The van der Waals surface area contributed by atoms with Gasteiger partial charge in [-0.25, -0.2) is 9.37 Å². The monoisotopic (exact) mass is 288 g/mol. The van der Waals surface area contributed by atoms with E-state index in [4.69, 9.17) is 5.73 Å². The molecule has 1 rings (SSSR count). The van der Waals surface area contributed by atoms with Gasteiger partial charge in [0.2, 0.25) is 0 Å². The molecule has 8 heteroatoms. The molecule has 15 heavy (non-hydrogen) atoms. The molecule has 0 amide bonds. The number of alkyl halides is 3. The standard InChI is InChI=1S/C7H5BrF4N2O/c8-4-2-14-6(15-7(10,11)12)5(9)3(4)1-13/h2H,1,13H2. The number of pyridine rings is 1. The van der Waals surface area contributed by atoms with Gasteiger partial charge in [0.25, 0.3) is 5.88 Å². The van der Waals surface area contributed by atoms with E-state index < -0.39 is 18.1 Å². The molecule has 84 valence electrons. The van der Waals surface area contributed by atoms with Gasteiger partial charge in [0.05, 0.1) is 0 Å². The van der Waals surface area contributed by atoms with E-state index in [1.54, 1.807) is 0 Å². The van der Waals surface area contributed by atoms with Crippen LogP contribution in [0.25, 0.3) is 0 Å². The van der Waals surface area contributed by atoms with Crippen molar-refractivity contribution in [2.45, 2.75) is 12.9 Å². The molecule has 1 heterocycles. The van der Waals surface area contributed by atoms with Crippen molar-refractivity contribution in [3.63, 3.8) is 0 Å². The number of halogens is 5. The first-order valence-corrected chi connectivity index (χ1v) is 4.43. The number of aromatic nitrogens is 1. The summed E-state index contributed by atoms with van der Waals surface area (Å²) < 4.78 is 52.2. The Hall–Kier alpha value is -0.890. The van der Waals surface area contributed by atoms with E-state index in [9.17, 15) is 17.6 Å². The minimum Gasteiger partial charge on any atom is -0.385 e. The third-order valence-corrected chi connectivity index (χ3v) is 2.14. The normalized spacial score (nSPS) is 11.6. The molecule has 1 aromatic heterocycles. The second kappa shape index (κ2) is 4.31. The van der Waals surface area contributed by atoms with E-state index in [1.165, 1.54) is 0 Å². The van der Waals surface area contributed by atoms with Crippen LogP contribution in [0.5, 0.6) is 5.88 Å². The summed E-state index contributed by atoms with van der Waals surface area (Å²) in [5, 5.41) is 0. The van der Waals surface area contributed by atoms with Gasteiger partial charge in [0.1, 0.15) is 0 Å². The second-order valence-electron chi connectivity index (χ2n) is 2.46. The van der Waals surface area contributed by atoms with Crippen LogP contribution in [0.4, 0.5) is 17.6 Å². The molecule has 0 aliphatic carbocycles. The first-order chi connectivity index (χ1) is 6.85. The number of hydrogen-bond acceptors (Lipinski definition) is 3. The number of rotatable bonds is 2. The molecule has 0 bridgehead atoms. The predicted octanol–water partition coefficient (Wildman–Crippen LogP) is 2.34. The summed E-state index contributed by atoms with van der Waals surface area (Å²) in [6.45, 7) is -0.261. The average Bonchev–Trinajstić information content (AvgIpc) is 2.09. The number of hydrogen-bond donors (Lipinski definition) is 1. The maximum Gasteiger partial charge on any atom is 0.574 e. The van der Waals surface area contributed by atoms with E-state index in [1.807, 2.05) is 0 Å². The first-order valence-electron chi connectivity index (χ1n) is 3.64. The fourth-order valence-electron chi connectivity index (χ4n) is 0.852. The fraction of sp³-hybridized carbons (Fsp3) is 0.286. The van der Waals surface area contributed by atoms with Crippen LogP contribution in [0.2, 0.25) is 0 Å². The zero-order valence-corrected chi connectivity index (χ0v) is 8.69. The van der Waals surface area contributed by atoms with E-state index in [0.717, 1.165) is 6.20 Å². The molecular weight excluding hydrogens is 284 g/mol. The Balaban J connectivity index is 3.11. The van der Waals surface area contributed by atoms with Crippen molar-refractivity contribution in [2.24, 2.45) is 5.73 Å². The van der Waals surface area contributed by atoms with Gasteiger partial charge >= 0.3 is 6.36 Å². The number of ether oxygens (including phenoxy) is 1. The van der Waals surface area contributed by atoms with Crippen LogP contribution in [0.15, 0.2) is 10.7 Å². The van der Waals surface area contributed by atoms with Gasteiger partial charge in [-0.15, -0.1) is 13.2 Å². The third-order valence-electron chi connectivity index (χ3n) is 1.45. The minimum absolute atomic E-state index is 0.121. The molecule has 0 aliphatic rings. The number of nitrogens with zero attached hydrogens (tertiary/aromatic N) is 1. The molecule has 0 aromatic carbocycles. The van der Waals surface area contributed by atoms with Crippen molar-refractivity contribution in [1.29, 1.82) is 0 Å². The maximum absolute atomic E-state index is 13.3. The van der Waals surface area contributed by atoms with Crippen molar-refractivity contribution in [3.8, 4) is 5.88 Å². The Morgan fingerprint density at radius 3 is 2.53 bits per heavy atom. The van der Waals surface area contributed by atoms with Gasteiger partial charge in [-0.2, -0.15) is 0 Å². The van der Waals surface area contributed by atoms with E-state index in [2.05, 4.69) is 25.7 Å². The second-order valence-corrected chi connectivity index (χ2v) is 3.31. The lowest BCUT2D eigenvalue weighted by Gasteiger charge is -2.10. The van der Waals surface area contributed by atoms with Crippen LogP contribution in [0.1, 0.15) is 5.56 Å². The van der Waals surface area contributed by atoms with Crippen molar-refractivity contribution < 1.29 is 22.3 Å². The van der Waals surface area contributed by atoms with Gasteiger partial charge in [0.15, 0.2) is 5.82 Å². The molecule has 1 aromatic rings. The fourth-order valence-corrected chi connectivity index (χ4v) is 1.29. The highest BCUT2D eigenvalue weighted by molar-refractivity contribution is 9.10. The van der Waals surface area contributed by atoms with Crippen molar-refractivity contribution in [2.75, 3.05) is 0 Å². The number of nitrogens with two attached hydrogens (primary N) is 1. The lowest BCUT2D eigenvalue weighted by molar-refractivity contribution is -0.277. The molecule has 0 saturated heterocycles. The molecule has 0 atom stereocenters. The summed E-state index contributed by atoms with van der Waals surface area (Å²) in [6, 6.07) is 0.